The molecule has 2 saturated carbocycles. The second-order valence-corrected chi connectivity index (χ2v) is 32.1. The van der Waals surface area contributed by atoms with Crippen LogP contribution in [-0.4, -0.2) is 126 Å². The zero-order valence-electron chi connectivity index (χ0n) is 48.1. The number of carbonyl (C=O) groups is 3. The van der Waals surface area contributed by atoms with Crippen molar-refractivity contribution in [3.63, 3.8) is 0 Å². The minimum atomic E-state index is -1.45. The molecular formula is C59H68F4N12O6S2Si. The number of amidine groups is 2. The number of hydrogen-bond donors (Lipinski definition) is 3. The van der Waals surface area contributed by atoms with Crippen LogP contribution in [0.15, 0.2) is 71.2 Å². The van der Waals surface area contributed by atoms with Crippen molar-refractivity contribution in [1.82, 2.24) is 35.1 Å². The van der Waals surface area contributed by atoms with E-state index in [0.717, 1.165) is 62.2 Å². The number of amides is 2. The van der Waals surface area contributed by atoms with Crippen LogP contribution in [0.4, 0.5) is 34.0 Å². The van der Waals surface area contributed by atoms with E-state index in [-0.39, 0.29) is 75.0 Å². The molecule has 2 amide bonds. The lowest BCUT2D eigenvalue weighted by Gasteiger charge is -2.37. The Morgan fingerprint density at radius 3 is 1.77 bits per heavy atom. The average Bonchev–Trinajstić information content (AvgIpc) is 1.60. The molecule has 25 heteroatoms. The molecule has 2 aromatic carbocycles. The van der Waals surface area contributed by atoms with Gasteiger partial charge in [0.2, 0.25) is 5.91 Å². The van der Waals surface area contributed by atoms with Gasteiger partial charge in [-0.15, -0.1) is 9.97 Å². The van der Waals surface area contributed by atoms with Crippen LogP contribution in [0.2, 0.25) is 25.7 Å². The summed E-state index contributed by atoms with van der Waals surface area (Å²) in [6.07, 6.45) is 11.7. The van der Waals surface area contributed by atoms with Crippen molar-refractivity contribution < 1.29 is 46.5 Å². The highest BCUT2D eigenvalue weighted by Gasteiger charge is 2.73. The van der Waals surface area contributed by atoms with Crippen LogP contribution >= 0.6 is 23.5 Å². The van der Waals surface area contributed by atoms with Crippen molar-refractivity contribution in [3.05, 3.63) is 129 Å². The molecule has 4 N–H and O–H groups in total. The van der Waals surface area contributed by atoms with Gasteiger partial charge in [-0.2, -0.15) is 0 Å². The average molecular weight is 1210 g/mol. The summed E-state index contributed by atoms with van der Waals surface area (Å²) in [6, 6.07) is 9.08. The summed E-state index contributed by atoms with van der Waals surface area (Å²) in [5.74, 6) is -4.38. The molecule has 4 aromatic rings. The van der Waals surface area contributed by atoms with Crippen LogP contribution in [-0.2, 0) is 30.1 Å². The van der Waals surface area contributed by atoms with Crippen LogP contribution < -0.4 is 11.1 Å². The lowest BCUT2D eigenvalue weighted by Crippen LogP contribution is -2.47. The van der Waals surface area contributed by atoms with Crippen molar-refractivity contribution in [3.8, 4) is 0 Å². The second kappa shape index (κ2) is 25.3. The third kappa shape index (κ3) is 14.2. The first-order valence-corrected chi connectivity index (χ1v) is 32.9. The Labute approximate surface area is 496 Å². The number of carboxylic acid groups (broad SMARTS) is 1. The van der Waals surface area contributed by atoms with Gasteiger partial charge >= 0.3 is 12.1 Å². The molecule has 0 radical (unpaired) electrons. The molecule has 6 atom stereocenters. The molecule has 4 aliphatic heterocycles. The first-order chi connectivity index (χ1) is 39.6. The standard InChI is InChI=1S/C31H37F2N5O5SSi.C24H22F2N6OS.C4H9N/c1-29(2,3)43-28(41)38(18-42-11-12-45(6,7)8)27-37-30(4,24-15-31(24,44-27)26(39)40)20-13-19(9-10-21(20)32)14-22(33)23-16-36-25(34-5)17-35-23;1-23(19-11-24(19,34-22(27)31-23)21(33)32-7-3-4-8-32)15-9-14(5-6-16(15)25)10-17(26)18-12-30-20(28-2)13-29-18;1-2-4-5-3-1/h9-10,13-14,16-17,24H,11-12,15,18H2,1-4,6-8H3,(H,39,40);5-6,9-10,12-13,19H,3-4,7-8,11H2,1H3,(H2,27,31);5H,1-4H2/b22-14-;17-10-;/t24-,30+,31-;19-,23+,24-;/m00./s1. The van der Waals surface area contributed by atoms with Gasteiger partial charge in [0.15, 0.2) is 22.0 Å². The van der Waals surface area contributed by atoms with Crippen LogP contribution in [0, 0.1) is 36.6 Å². The fourth-order valence-corrected chi connectivity index (χ4v) is 14.2. The number of nitrogens with one attached hydrogen (secondary N) is 1. The number of carbonyl (C=O) groups excluding carboxylic acids is 2. The Bertz CT molecular complexity index is 3370. The number of fused-ring (bicyclic) bond motifs is 2. The van der Waals surface area contributed by atoms with Crippen molar-refractivity contribution in [2.24, 2.45) is 27.6 Å². The molecule has 6 heterocycles. The van der Waals surface area contributed by atoms with Crippen LogP contribution in [0.1, 0.15) is 107 Å². The third-order valence-electron chi connectivity index (χ3n) is 15.2. The number of ether oxygens (including phenoxy) is 2. The number of aliphatic carboxylic acids is 1. The zero-order valence-corrected chi connectivity index (χ0v) is 50.8. The molecule has 4 fully saturated rings. The Morgan fingerprint density at radius 1 is 0.810 bits per heavy atom. The number of likely N-dealkylation sites (tertiary alicyclic amines) is 1. The normalized spacial score (nSPS) is 25.1. The summed E-state index contributed by atoms with van der Waals surface area (Å²) in [5, 5.41) is 13.8. The van der Waals surface area contributed by atoms with Crippen molar-refractivity contribution in [2.45, 2.75) is 125 Å². The second-order valence-electron chi connectivity index (χ2n) is 23.9. The first kappa shape index (κ1) is 63.0. The van der Waals surface area contributed by atoms with E-state index in [1.807, 2.05) is 4.90 Å². The minimum Gasteiger partial charge on any atom is -0.480 e. The monoisotopic (exact) mass is 1210 g/mol. The van der Waals surface area contributed by atoms with Crippen LogP contribution in [0.3, 0.4) is 0 Å². The predicted octanol–water partition coefficient (Wildman–Crippen LogP) is 12.0. The highest BCUT2D eigenvalue weighted by Crippen LogP contribution is 2.68. The number of halogens is 4. The number of benzene rings is 2. The summed E-state index contributed by atoms with van der Waals surface area (Å²) in [5.41, 5.74) is 3.70. The Hall–Kier alpha value is -7.03. The molecule has 2 saturated heterocycles. The van der Waals surface area contributed by atoms with E-state index in [4.69, 9.17) is 33.3 Å². The highest BCUT2D eigenvalue weighted by atomic mass is 32.2. The lowest BCUT2D eigenvalue weighted by atomic mass is 9.84. The van der Waals surface area contributed by atoms with Crippen molar-refractivity contribution in [2.75, 3.05) is 39.5 Å². The van der Waals surface area contributed by atoms with Gasteiger partial charge in [0, 0.05) is 50.7 Å². The molecule has 10 rings (SSSR count). The van der Waals surface area contributed by atoms with E-state index in [2.05, 4.69) is 59.6 Å². The summed E-state index contributed by atoms with van der Waals surface area (Å²) < 4.78 is 70.1. The number of carboxylic acids is 1. The topological polar surface area (TPSA) is 219 Å². The molecule has 0 spiro atoms. The third-order valence-corrected chi connectivity index (χ3v) is 19.7. The lowest BCUT2D eigenvalue weighted by molar-refractivity contribution is -0.137. The molecule has 2 aromatic heterocycles. The first-order valence-electron chi connectivity index (χ1n) is 27.5. The maximum Gasteiger partial charge on any atom is 0.418 e. The van der Waals surface area contributed by atoms with Crippen molar-refractivity contribution >= 4 is 95.3 Å². The van der Waals surface area contributed by atoms with Crippen LogP contribution in [0.25, 0.3) is 33.5 Å². The summed E-state index contributed by atoms with van der Waals surface area (Å²) >= 11 is 2.22. The molecule has 444 valence electrons. The van der Waals surface area contributed by atoms with Crippen molar-refractivity contribution in [1.29, 1.82) is 0 Å². The van der Waals surface area contributed by atoms with Gasteiger partial charge in [0.25, 0.3) is 11.6 Å². The number of aromatic nitrogens is 4. The predicted molar refractivity (Wildman–Crippen MR) is 321 cm³/mol. The summed E-state index contributed by atoms with van der Waals surface area (Å²) in [4.78, 5) is 73.7. The Morgan fingerprint density at radius 2 is 1.32 bits per heavy atom. The van der Waals surface area contributed by atoms with E-state index in [1.165, 1.54) is 91.4 Å². The number of nitrogens with zero attached hydrogens (tertiary/aromatic N) is 10. The van der Waals surface area contributed by atoms with Gasteiger partial charge in [-0.3, -0.25) is 29.5 Å². The van der Waals surface area contributed by atoms with Gasteiger partial charge in [0.1, 0.15) is 57.2 Å². The Kier molecular flexibility index (Phi) is 19.0. The molecule has 84 heavy (non-hydrogen) atoms. The fraction of sp³-hybridized carbons (Fsp3) is 0.475. The van der Waals surface area contributed by atoms with E-state index >= 15 is 13.2 Å². The SMILES string of the molecule is C1CCNC1.[C-]#[N+]c1cnc(/C(F)=C/c2ccc(F)c([C@@]3(C)N=C(N(COCC[Si](C)(C)C)C(=O)OC(C)(C)C)S[C@@]4(C(=O)O)C[C@H]43)c2)cn1.[C-]#[N+]c1cnc(/C(F)=C/c2ccc(F)c([C@@]3(C)N=C(N)S[C@@]4(C(=O)N5CCCC5)C[C@H]43)c2)cn1. The summed E-state index contributed by atoms with van der Waals surface area (Å²) in [6.45, 7) is 33.2. The number of thioether (sulfide) groups is 2. The molecule has 6 aliphatic rings. The number of nitrogens with two attached hydrogens (primary N) is 1. The van der Waals surface area contributed by atoms with Gasteiger partial charge in [-0.1, -0.05) is 68.4 Å². The maximum absolute atomic E-state index is 15.6. The number of hydrogen-bond acceptors (Lipinski definition) is 15. The smallest absolute Gasteiger partial charge is 0.418 e. The summed E-state index contributed by atoms with van der Waals surface area (Å²) in [7, 11) is -1.45. The fourth-order valence-electron chi connectivity index (χ4n) is 10.5. The van der Waals surface area contributed by atoms with E-state index in [9.17, 15) is 23.9 Å². The molecule has 0 bridgehead atoms. The highest BCUT2D eigenvalue weighted by molar-refractivity contribution is 8.16. The van der Waals surface area contributed by atoms with Gasteiger partial charge < -0.3 is 40.2 Å². The van der Waals surface area contributed by atoms with E-state index < -0.39 is 75.5 Å². The number of rotatable bonds is 13. The van der Waals surface area contributed by atoms with E-state index in [1.54, 1.807) is 40.7 Å². The maximum atomic E-state index is 15.6. The van der Waals surface area contributed by atoms with Gasteiger partial charge in [0.05, 0.1) is 23.5 Å². The minimum absolute atomic E-state index is 0.0144. The molecule has 18 nitrogen and oxygen atoms in total. The molecule has 2 aliphatic carbocycles. The number of aliphatic imine (C=N–C) groups is 2. The van der Waals surface area contributed by atoms with Gasteiger partial charge in [-0.25, -0.2) is 27.3 Å². The zero-order chi connectivity index (χ0) is 61.0. The Balaban J connectivity index is 0.000000208. The molecule has 0 unspecified atom stereocenters. The van der Waals surface area contributed by atoms with Crippen LogP contribution in [0.5, 0.6) is 0 Å². The van der Waals surface area contributed by atoms with Gasteiger partial charge in [-0.05, 0) is 140 Å². The quantitative estimate of drug-likeness (QED) is 0.0373. The molecular weight excluding hydrogens is 1140 g/mol. The largest absolute Gasteiger partial charge is 0.480 e. The van der Waals surface area contributed by atoms with E-state index in [0.29, 0.717) is 18.6 Å².